The lowest BCUT2D eigenvalue weighted by molar-refractivity contribution is -0.519. The summed E-state index contributed by atoms with van der Waals surface area (Å²) in [5.41, 5.74) is 0. The molecule has 1 heterocycles. The van der Waals surface area contributed by atoms with Gasteiger partial charge in [0.15, 0.2) is 6.23 Å². The van der Waals surface area contributed by atoms with Gasteiger partial charge in [0.2, 0.25) is 5.84 Å². The van der Waals surface area contributed by atoms with Crippen molar-refractivity contribution < 1.29 is 9.68 Å². The molecule has 0 aliphatic carbocycles. The largest absolute Gasteiger partial charge is 0.356 e. The van der Waals surface area contributed by atoms with E-state index in [1.165, 1.54) is 166 Å². The van der Waals surface area contributed by atoms with Crippen LogP contribution < -0.4 is 0 Å². The summed E-state index contributed by atoms with van der Waals surface area (Å²) in [6.45, 7) is 9.79. The van der Waals surface area contributed by atoms with Crippen molar-refractivity contribution in [1.82, 2.24) is 4.90 Å². The van der Waals surface area contributed by atoms with Crippen LogP contribution in [0.2, 0.25) is 0 Å². The molecular formula is C35H69N2O+. The molecule has 1 rings (SSSR count). The zero-order valence-corrected chi connectivity index (χ0v) is 26.4. The molecule has 1 atom stereocenters. The Morgan fingerprint density at radius 1 is 0.632 bits per heavy atom. The Balaban J connectivity index is 2.08. The fraction of sp³-hybridized carbons (Fsp3) is 0.914. The first-order chi connectivity index (χ1) is 18.7. The third-order valence-corrected chi connectivity index (χ3v) is 8.45. The molecule has 0 aromatic heterocycles. The Kier molecular flexibility index (Phi) is 24.4. The second kappa shape index (κ2) is 26.4. The first-order valence-electron chi connectivity index (χ1n) is 17.4. The molecule has 0 saturated heterocycles. The van der Waals surface area contributed by atoms with E-state index in [2.05, 4.69) is 35.5 Å². The minimum absolute atomic E-state index is 0.349. The van der Waals surface area contributed by atoms with Gasteiger partial charge in [0, 0.05) is 13.3 Å². The predicted molar refractivity (Wildman–Crippen MR) is 169 cm³/mol. The first-order valence-corrected chi connectivity index (χ1v) is 17.4. The monoisotopic (exact) mass is 534 g/mol. The van der Waals surface area contributed by atoms with Crippen LogP contribution in [0.25, 0.3) is 0 Å². The number of amidine groups is 1. The second-order valence-corrected chi connectivity index (χ2v) is 12.1. The zero-order valence-electron chi connectivity index (χ0n) is 26.4. The Labute approximate surface area is 239 Å². The van der Waals surface area contributed by atoms with E-state index < -0.39 is 0 Å². The Morgan fingerprint density at radius 3 is 1.53 bits per heavy atom. The van der Waals surface area contributed by atoms with Crippen LogP contribution in [0.4, 0.5) is 0 Å². The second-order valence-electron chi connectivity index (χ2n) is 12.1. The van der Waals surface area contributed by atoms with Crippen molar-refractivity contribution in [2.45, 2.75) is 188 Å². The highest BCUT2D eigenvalue weighted by Crippen LogP contribution is 2.16. The first kappa shape index (κ1) is 35.2. The predicted octanol–water partition coefficient (Wildman–Crippen LogP) is 10.4. The molecule has 0 aromatic carbocycles. The van der Waals surface area contributed by atoms with E-state index in [4.69, 9.17) is 0 Å². The SMILES string of the molecule is CCCCCCCC/C=C\CCCCCCCC[N+]1=C(CCCCCCCCCCCC)N(C(C)O)CC1. The quantitative estimate of drug-likeness (QED) is 0.0615. The summed E-state index contributed by atoms with van der Waals surface area (Å²) >= 11 is 0. The van der Waals surface area contributed by atoms with Crippen LogP contribution in [0.1, 0.15) is 181 Å². The molecule has 3 nitrogen and oxygen atoms in total. The van der Waals surface area contributed by atoms with Crippen molar-refractivity contribution in [2.24, 2.45) is 0 Å². The lowest BCUT2D eigenvalue weighted by Gasteiger charge is -2.16. The van der Waals surface area contributed by atoms with E-state index in [9.17, 15) is 5.11 Å². The Bertz CT molecular complexity index is 568. The minimum Gasteiger partial charge on any atom is -0.356 e. The fourth-order valence-corrected chi connectivity index (χ4v) is 5.93. The molecule has 0 radical (unpaired) electrons. The number of hydrogen-bond donors (Lipinski definition) is 1. The topological polar surface area (TPSA) is 26.5 Å². The molecule has 0 fully saturated rings. The van der Waals surface area contributed by atoms with Crippen molar-refractivity contribution in [1.29, 1.82) is 0 Å². The number of unbranched alkanes of at least 4 members (excludes halogenated alkanes) is 21. The van der Waals surface area contributed by atoms with Crippen LogP contribution in [-0.2, 0) is 0 Å². The van der Waals surface area contributed by atoms with Gasteiger partial charge in [-0.15, -0.1) is 0 Å². The number of hydrogen-bond acceptors (Lipinski definition) is 2. The smallest absolute Gasteiger partial charge is 0.249 e. The van der Waals surface area contributed by atoms with E-state index in [1.807, 2.05) is 6.92 Å². The average Bonchev–Trinajstić information content (AvgIpc) is 3.32. The maximum atomic E-state index is 10.3. The molecule has 0 saturated carbocycles. The molecule has 224 valence electrons. The van der Waals surface area contributed by atoms with Crippen molar-refractivity contribution >= 4 is 5.84 Å². The Morgan fingerprint density at radius 2 is 1.05 bits per heavy atom. The molecule has 1 unspecified atom stereocenters. The number of aliphatic hydroxyl groups is 1. The summed E-state index contributed by atoms with van der Waals surface area (Å²) in [6.07, 6.45) is 38.6. The molecule has 0 bridgehead atoms. The lowest BCUT2D eigenvalue weighted by atomic mass is 10.1. The normalized spacial score (nSPS) is 14.9. The molecule has 0 aromatic rings. The van der Waals surface area contributed by atoms with Crippen LogP contribution in [-0.4, -0.2) is 46.3 Å². The minimum atomic E-state index is -0.349. The van der Waals surface area contributed by atoms with Gasteiger partial charge >= 0.3 is 0 Å². The maximum Gasteiger partial charge on any atom is 0.249 e. The third kappa shape index (κ3) is 19.3. The van der Waals surface area contributed by atoms with E-state index in [1.54, 1.807) is 0 Å². The number of rotatable bonds is 28. The van der Waals surface area contributed by atoms with Crippen molar-refractivity contribution in [2.75, 3.05) is 19.6 Å². The molecule has 1 N–H and O–H groups in total. The van der Waals surface area contributed by atoms with Gasteiger partial charge in [-0.2, -0.15) is 0 Å². The summed E-state index contributed by atoms with van der Waals surface area (Å²) in [5.74, 6) is 1.42. The molecule has 0 amide bonds. The van der Waals surface area contributed by atoms with Gasteiger partial charge in [0.1, 0.15) is 13.1 Å². The third-order valence-electron chi connectivity index (χ3n) is 8.45. The van der Waals surface area contributed by atoms with E-state index in [0.29, 0.717) is 0 Å². The maximum absolute atomic E-state index is 10.3. The van der Waals surface area contributed by atoms with Crippen molar-refractivity contribution in [3.05, 3.63) is 12.2 Å². The summed E-state index contributed by atoms with van der Waals surface area (Å²) < 4.78 is 2.59. The number of aliphatic hydroxyl groups excluding tert-OH is 1. The van der Waals surface area contributed by atoms with E-state index >= 15 is 0 Å². The molecule has 1 aliphatic rings. The van der Waals surface area contributed by atoms with Crippen LogP contribution >= 0.6 is 0 Å². The highest BCUT2D eigenvalue weighted by atomic mass is 16.3. The van der Waals surface area contributed by atoms with Crippen LogP contribution in [0.5, 0.6) is 0 Å². The van der Waals surface area contributed by atoms with Crippen LogP contribution in [0, 0.1) is 0 Å². The van der Waals surface area contributed by atoms with Crippen molar-refractivity contribution in [3.8, 4) is 0 Å². The summed E-state index contributed by atoms with van der Waals surface area (Å²) in [5, 5.41) is 10.3. The van der Waals surface area contributed by atoms with Gasteiger partial charge in [-0.3, -0.25) is 4.58 Å². The zero-order chi connectivity index (χ0) is 27.5. The Hall–Kier alpha value is -0.830. The molecule has 0 spiro atoms. The highest BCUT2D eigenvalue weighted by molar-refractivity contribution is 5.78. The highest BCUT2D eigenvalue weighted by Gasteiger charge is 2.32. The molecule has 1 aliphatic heterocycles. The van der Waals surface area contributed by atoms with Gasteiger partial charge in [-0.1, -0.05) is 135 Å². The van der Waals surface area contributed by atoms with Gasteiger partial charge in [0.25, 0.3) is 0 Å². The van der Waals surface area contributed by atoms with Crippen LogP contribution in [0.15, 0.2) is 12.2 Å². The molecule has 3 heteroatoms. The summed E-state index contributed by atoms with van der Waals surface area (Å²) in [7, 11) is 0. The van der Waals surface area contributed by atoms with Gasteiger partial charge in [-0.25, -0.2) is 4.90 Å². The van der Waals surface area contributed by atoms with Crippen molar-refractivity contribution in [3.63, 3.8) is 0 Å². The summed E-state index contributed by atoms with van der Waals surface area (Å²) in [6, 6.07) is 0. The van der Waals surface area contributed by atoms with E-state index in [0.717, 1.165) is 19.5 Å². The van der Waals surface area contributed by atoms with Gasteiger partial charge < -0.3 is 5.11 Å². The lowest BCUT2D eigenvalue weighted by Crippen LogP contribution is -2.37. The fourth-order valence-electron chi connectivity index (χ4n) is 5.93. The average molecular weight is 534 g/mol. The summed E-state index contributed by atoms with van der Waals surface area (Å²) in [4.78, 5) is 2.26. The van der Waals surface area contributed by atoms with Crippen LogP contribution in [0.3, 0.4) is 0 Å². The van der Waals surface area contributed by atoms with Gasteiger partial charge in [-0.05, 0) is 44.9 Å². The molecule has 38 heavy (non-hydrogen) atoms. The van der Waals surface area contributed by atoms with E-state index in [-0.39, 0.29) is 6.23 Å². The molecular weight excluding hydrogens is 464 g/mol. The standard InChI is InChI=1S/C35H69N2O/c1-4-6-8-10-12-14-16-17-18-19-20-21-23-25-27-29-31-36-32-33-37(34(3)38)35(36)30-28-26-24-22-15-13-11-9-7-5-2/h17-18,34,38H,4-16,19-33H2,1-3H3/q+1/b18-17-. The number of allylic oxidation sites excluding steroid dienone is 2. The number of nitrogens with zero attached hydrogens (tertiary/aromatic N) is 2. The van der Waals surface area contributed by atoms with Gasteiger partial charge in [0.05, 0.1) is 6.54 Å².